The van der Waals surface area contributed by atoms with E-state index in [1.54, 1.807) is 48.5 Å². The number of carbonyl (C=O) groups is 3. The van der Waals surface area contributed by atoms with Crippen molar-refractivity contribution in [3.05, 3.63) is 0 Å². The zero-order valence-electron chi connectivity index (χ0n) is 35.9. The minimum absolute atomic E-state index is 0.0625. The van der Waals surface area contributed by atoms with E-state index in [9.17, 15) is 34.8 Å². The third-order valence-electron chi connectivity index (χ3n) is 12.3. The van der Waals surface area contributed by atoms with Crippen molar-refractivity contribution in [2.24, 2.45) is 23.7 Å². The molecular weight excluding hydrogens is 734 g/mol. The van der Waals surface area contributed by atoms with Gasteiger partial charge in [0.15, 0.2) is 18.7 Å². The molecule has 16 heteroatoms. The van der Waals surface area contributed by atoms with Crippen LogP contribution in [0.4, 0.5) is 4.79 Å². The van der Waals surface area contributed by atoms with Gasteiger partial charge in [-0.05, 0) is 81.8 Å². The van der Waals surface area contributed by atoms with Crippen molar-refractivity contribution in [3.8, 4) is 0 Å². The molecule has 3 rings (SSSR count). The average molecular weight is 806 g/mol. The van der Waals surface area contributed by atoms with Crippen molar-refractivity contribution >= 4 is 17.9 Å². The van der Waals surface area contributed by atoms with Crippen molar-refractivity contribution in [1.82, 2.24) is 4.90 Å². The molecule has 0 radical (unpaired) electrons. The summed E-state index contributed by atoms with van der Waals surface area (Å²) in [6.07, 6.45) is -11.2. The van der Waals surface area contributed by atoms with E-state index in [1.807, 2.05) is 25.9 Å². The molecule has 3 saturated heterocycles. The predicted octanol–water partition coefficient (Wildman–Crippen LogP) is 2.97. The summed E-state index contributed by atoms with van der Waals surface area (Å²) in [5.41, 5.74) is -4.98. The number of ketones is 1. The first-order valence-electron chi connectivity index (χ1n) is 20.1. The zero-order valence-corrected chi connectivity index (χ0v) is 35.9. The van der Waals surface area contributed by atoms with Crippen LogP contribution in [0.5, 0.6) is 0 Å². The number of hydrogen-bond acceptors (Lipinski definition) is 16. The molecule has 0 saturated carbocycles. The fourth-order valence-corrected chi connectivity index (χ4v) is 8.78. The summed E-state index contributed by atoms with van der Waals surface area (Å²) < 4.78 is 48.6. The molecule has 0 aromatic heterocycles. The number of hydrogen-bond donors (Lipinski definition) is 4. The number of esters is 1. The Labute approximate surface area is 332 Å². The maximum absolute atomic E-state index is 14.2. The van der Waals surface area contributed by atoms with Gasteiger partial charge in [0, 0.05) is 31.3 Å². The van der Waals surface area contributed by atoms with Crippen LogP contribution in [0.2, 0.25) is 0 Å². The summed E-state index contributed by atoms with van der Waals surface area (Å²) in [6, 6.07) is -0.398. The van der Waals surface area contributed by atoms with Gasteiger partial charge in [-0.1, -0.05) is 27.7 Å². The van der Waals surface area contributed by atoms with E-state index in [2.05, 4.69) is 0 Å². The maximum atomic E-state index is 14.2. The Morgan fingerprint density at radius 1 is 0.893 bits per heavy atom. The van der Waals surface area contributed by atoms with Gasteiger partial charge < -0.3 is 63.2 Å². The number of cyclic esters (lactones) is 1. The highest BCUT2D eigenvalue weighted by atomic mass is 16.8. The second-order valence-corrected chi connectivity index (χ2v) is 17.2. The van der Waals surface area contributed by atoms with E-state index in [0.717, 1.165) is 0 Å². The number of Topliss-reactive ketones (excluding diaryl/α,β-unsaturated/α-hetero) is 1. The van der Waals surface area contributed by atoms with E-state index < -0.39 is 120 Å². The lowest BCUT2D eigenvalue weighted by molar-refractivity contribution is -0.318. The highest BCUT2D eigenvalue weighted by Gasteiger charge is 2.54. The molecule has 0 amide bonds. The van der Waals surface area contributed by atoms with Gasteiger partial charge in [0.2, 0.25) is 0 Å². The summed E-state index contributed by atoms with van der Waals surface area (Å²) in [7, 11) is 5.13. The molecule has 326 valence electrons. The summed E-state index contributed by atoms with van der Waals surface area (Å²) >= 11 is 0. The number of aliphatic hydroxyl groups is 4. The molecule has 3 aliphatic heterocycles. The number of nitrogens with zero attached hydrogens (tertiary/aromatic N) is 1. The lowest BCUT2D eigenvalue weighted by Crippen LogP contribution is -2.61. The first kappa shape index (κ1) is 48.4. The first-order valence-corrected chi connectivity index (χ1v) is 20.1. The summed E-state index contributed by atoms with van der Waals surface area (Å²) in [4.78, 5) is 42.9. The van der Waals surface area contributed by atoms with Crippen LogP contribution >= 0.6 is 0 Å². The van der Waals surface area contributed by atoms with Crippen LogP contribution in [0.1, 0.15) is 102 Å². The fourth-order valence-electron chi connectivity index (χ4n) is 8.78. The van der Waals surface area contributed by atoms with Gasteiger partial charge in [-0.25, -0.2) is 4.79 Å². The fraction of sp³-hybridized carbons (Fsp3) is 0.925. The Morgan fingerprint density at radius 2 is 1.52 bits per heavy atom. The normalized spacial score (nSPS) is 46.2. The number of methoxy groups -OCH3 is 1. The monoisotopic (exact) mass is 805 g/mol. The molecule has 3 aliphatic rings. The Morgan fingerprint density at radius 3 is 2.07 bits per heavy atom. The van der Waals surface area contributed by atoms with Gasteiger partial charge in [0.05, 0.1) is 60.3 Å². The van der Waals surface area contributed by atoms with E-state index >= 15 is 0 Å². The van der Waals surface area contributed by atoms with Crippen molar-refractivity contribution in [2.75, 3.05) is 27.8 Å². The van der Waals surface area contributed by atoms with Gasteiger partial charge >= 0.3 is 12.1 Å². The topological polar surface area (TPSA) is 209 Å². The summed E-state index contributed by atoms with van der Waals surface area (Å²) in [6.45, 7) is 17.9. The smallest absolute Gasteiger partial charge is 0.459 e. The van der Waals surface area contributed by atoms with Crippen LogP contribution in [0, 0.1) is 23.7 Å². The van der Waals surface area contributed by atoms with Crippen molar-refractivity contribution < 1.29 is 72.7 Å². The van der Waals surface area contributed by atoms with E-state index in [1.165, 1.54) is 27.9 Å². The van der Waals surface area contributed by atoms with Crippen LogP contribution in [0.3, 0.4) is 0 Å². The number of aliphatic hydroxyl groups excluding tert-OH is 2. The second-order valence-electron chi connectivity index (χ2n) is 17.2. The van der Waals surface area contributed by atoms with Crippen LogP contribution in [-0.2, 0) is 47.5 Å². The molecule has 0 aliphatic carbocycles. The first-order chi connectivity index (χ1) is 25.9. The van der Waals surface area contributed by atoms with E-state index in [4.69, 9.17) is 37.9 Å². The molecule has 0 bridgehead atoms. The maximum Gasteiger partial charge on any atom is 0.508 e. The molecule has 3 fully saturated rings. The quantitative estimate of drug-likeness (QED) is 0.247. The lowest BCUT2D eigenvalue weighted by atomic mass is 9.74. The number of ether oxygens (including phenoxy) is 8. The van der Waals surface area contributed by atoms with Gasteiger partial charge in [-0.2, -0.15) is 0 Å². The molecule has 56 heavy (non-hydrogen) atoms. The minimum Gasteiger partial charge on any atom is -0.459 e. The summed E-state index contributed by atoms with van der Waals surface area (Å²) in [5.74, 6) is -5.24. The molecular formula is C40H71NO15. The molecule has 0 spiro atoms. The van der Waals surface area contributed by atoms with Crippen molar-refractivity contribution in [1.29, 1.82) is 0 Å². The second kappa shape index (κ2) is 19.4. The van der Waals surface area contributed by atoms with Gasteiger partial charge in [-0.3, -0.25) is 9.59 Å². The van der Waals surface area contributed by atoms with Crippen LogP contribution < -0.4 is 0 Å². The minimum atomic E-state index is -2.02. The molecule has 0 aromatic rings. The SMILES string of the molecule is CCOC(=O)O[C@H]1[C@H](OC2[C@@H](C)[C@H](O[C@H]3C[C@@](C)(OC)[C@@H](O)[C@H](C)O3)[C@@H](C)C(=O)O[C@H](CC)[C@@](C)(O)[C@H](O)[C@@H](C)C(=O)[C@H](C)C[C@@]2(C)O)O[C@H](C)C[C@@H]1N(C)C. The largest absolute Gasteiger partial charge is 0.508 e. The van der Waals surface area contributed by atoms with E-state index in [0.29, 0.717) is 6.42 Å². The van der Waals surface area contributed by atoms with Crippen molar-refractivity contribution in [3.63, 3.8) is 0 Å². The lowest BCUT2D eigenvalue weighted by Gasteiger charge is -2.49. The Balaban J connectivity index is 2.24. The molecule has 4 N–H and O–H groups in total. The van der Waals surface area contributed by atoms with Crippen LogP contribution in [0.15, 0.2) is 0 Å². The number of carbonyl (C=O) groups excluding carboxylic acids is 3. The van der Waals surface area contributed by atoms with Gasteiger partial charge in [-0.15, -0.1) is 0 Å². The van der Waals surface area contributed by atoms with Crippen molar-refractivity contribution in [2.45, 2.75) is 186 Å². The predicted molar refractivity (Wildman–Crippen MR) is 202 cm³/mol. The number of likely N-dealkylation sites (N-methyl/N-ethyl adjacent to an activating group) is 1. The molecule has 18 atom stereocenters. The van der Waals surface area contributed by atoms with Gasteiger partial charge in [0.1, 0.15) is 23.6 Å². The third kappa shape index (κ3) is 10.8. The molecule has 0 aromatic carbocycles. The number of rotatable bonds is 9. The van der Waals surface area contributed by atoms with Crippen LogP contribution in [-0.4, -0.2) is 155 Å². The molecule has 1 unspecified atom stereocenters. The standard InChI is InChI=1S/C40H71NO15/c1-15-27-40(11,48)32(43)22(5)29(42)20(3)18-38(9,47)34(56-36-31(55-37(46)50-16-2)26(41(12)13)17-21(4)51-36)23(6)30(24(7)35(45)53-27)54-28-19-39(10,49-14)33(44)25(8)52-28/h20-28,30-34,36,43-44,47-48H,15-19H2,1-14H3/t20-,21-,22+,23+,24-,25+,26+,27-,28+,30+,31-,32-,33+,34?,36+,38-,39-,40-/m1/s1. The highest BCUT2D eigenvalue weighted by Crippen LogP contribution is 2.41. The molecule has 16 nitrogen and oxygen atoms in total. The summed E-state index contributed by atoms with van der Waals surface area (Å²) in [5, 5.41) is 46.6. The zero-order chi connectivity index (χ0) is 42.7. The van der Waals surface area contributed by atoms with E-state index in [-0.39, 0.29) is 32.0 Å². The van der Waals surface area contributed by atoms with Crippen LogP contribution in [0.25, 0.3) is 0 Å². The van der Waals surface area contributed by atoms with Gasteiger partial charge in [0.25, 0.3) is 0 Å². The Bertz CT molecular complexity index is 1310. The highest BCUT2D eigenvalue weighted by molar-refractivity contribution is 5.83. The third-order valence-corrected chi connectivity index (χ3v) is 12.3. The average Bonchev–Trinajstić information content (AvgIpc) is 3.12. The Hall–Kier alpha value is -1.99. The molecule has 3 heterocycles. The Kier molecular flexibility index (Phi) is 16.7.